The van der Waals surface area contributed by atoms with Gasteiger partial charge >= 0.3 is 0 Å². The number of fused-ring (bicyclic) bond motifs is 3. The summed E-state index contributed by atoms with van der Waals surface area (Å²) in [7, 11) is 0. The first kappa shape index (κ1) is 12.7. The zero-order valence-corrected chi connectivity index (χ0v) is 11.6. The fraction of sp³-hybridized carbons (Fsp3) is 0.562. The maximum absolute atomic E-state index is 11.6. The van der Waals surface area contributed by atoms with Crippen LogP contribution in [-0.4, -0.2) is 36.4 Å². The maximum Gasteiger partial charge on any atom is 0.162 e. The quantitative estimate of drug-likeness (QED) is 0.843. The fourth-order valence-electron chi connectivity index (χ4n) is 3.30. The molecule has 102 valence electrons. The molecule has 0 aromatic heterocycles. The Kier molecular flexibility index (Phi) is 3.56. The fourth-order valence-corrected chi connectivity index (χ4v) is 3.30. The van der Waals surface area contributed by atoms with Gasteiger partial charge in [0.1, 0.15) is 0 Å². The van der Waals surface area contributed by atoms with E-state index in [1.165, 1.54) is 32.5 Å². The molecule has 3 heteroatoms. The van der Waals surface area contributed by atoms with Crippen molar-refractivity contribution < 1.29 is 4.79 Å². The molecule has 0 spiro atoms. The molecule has 0 amide bonds. The summed E-state index contributed by atoms with van der Waals surface area (Å²) >= 11 is 0. The van der Waals surface area contributed by atoms with Crippen molar-refractivity contribution in [2.24, 2.45) is 5.92 Å². The van der Waals surface area contributed by atoms with Crippen molar-refractivity contribution in [1.82, 2.24) is 4.90 Å². The SMILES string of the molecule is CCC(=O)c1ccc(NC2CN3CCC2CC3)cc1. The molecule has 0 aliphatic carbocycles. The summed E-state index contributed by atoms with van der Waals surface area (Å²) in [4.78, 5) is 14.1. The molecule has 3 heterocycles. The van der Waals surface area contributed by atoms with Crippen molar-refractivity contribution >= 4 is 11.5 Å². The Bertz CT molecular complexity index is 446. The lowest BCUT2D eigenvalue weighted by molar-refractivity contribution is 0.0975. The van der Waals surface area contributed by atoms with Crippen LogP contribution in [0.15, 0.2) is 24.3 Å². The number of carbonyl (C=O) groups excluding carboxylic acids is 1. The Balaban J connectivity index is 1.65. The zero-order valence-electron chi connectivity index (χ0n) is 11.6. The standard InChI is InChI=1S/C16H22N2O/c1-2-16(19)13-3-5-14(6-4-13)17-15-11-18-9-7-12(15)8-10-18/h3-6,12,15,17H,2,7-11H2,1H3. The Labute approximate surface area is 115 Å². The molecule has 1 unspecified atom stereocenters. The molecule has 2 bridgehead atoms. The topological polar surface area (TPSA) is 32.3 Å². The molecular formula is C16H22N2O. The van der Waals surface area contributed by atoms with Gasteiger partial charge < -0.3 is 10.2 Å². The van der Waals surface area contributed by atoms with E-state index in [1.54, 1.807) is 0 Å². The number of hydrogen-bond donors (Lipinski definition) is 1. The smallest absolute Gasteiger partial charge is 0.162 e. The van der Waals surface area contributed by atoms with Gasteiger partial charge in [-0.3, -0.25) is 4.79 Å². The average molecular weight is 258 g/mol. The van der Waals surface area contributed by atoms with Crippen LogP contribution in [0.5, 0.6) is 0 Å². The largest absolute Gasteiger partial charge is 0.381 e. The third kappa shape index (κ3) is 2.66. The van der Waals surface area contributed by atoms with E-state index in [-0.39, 0.29) is 5.78 Å². The van der Waals surface area contributed by atoms with Crippen molar-refractivity contribution in [3.8, 4) is 0 Å². The monoisotopic (exact) mass is 258 g/mol. The van der Waals surface area contributed by atoms with E-state index in [2.05, 4.69) is 10.2 Å². The van der Waals surface area contributed by atoms with E-state index in [0.717, 1.165) is 17.2 Å². The van der Waals surface area contributed by atoms with Gasteiger partial charge in [-0.25, -0.2) is 0 Å². The molecule has 3 aliphatic heterocycles. The van der Waals surface area contributed by atoms with Crippen LogP contribution in [0.3, 0.4) is 0 Å². The number of anilines is 1. The number of carbonyl (C=O) groups is 1. The van der Waals surface area contributed by atoms with Gasteiger partial charge in [0.05, 0.1) is 0 Å². The second-order valence-corrected chi connectivity index (χ2v) is 5.74. The van der Waals surface area contributed by atoms with Gasteiger partial charge in [-0.05, 0) is 56.1 Å². The van der Waals surface area contributed by atoms with Crippen molar-refractivity contribution in [2.75, 3.05) is 25.0 Å². The van der Waals surface area contributed by atoms with Gasteiger partial charge in [-0.15, -0.1) is 0 Å². The molecule has 0 saturated carbocycles. The number of piperidine rings is 3. The third-order valence-electron chi connectivity index (χ3n) is 4.54. The van der Waals surface area contributed by atoms with Gasteiger partial charge in [0.2, 0.25) is 0 Å². The van der Waals surface area contributed by atoms with Gasteiger partial charge in [-0.2, -0.15) is 0 Å². The molecule has 3 saturated heterocycles. The van der Waals surface area contributed by atoms with Crippen molar-refractivity contribution in [3.63, 3.8) is 0 Å². The molecule has 3 aliphatic rings. The Morgan fingerprint density at radius 2 is 1.95 bits per heavy atom. The zero-order chi connectivity index (χ0) is 13.2. The summed E-state index contributed by atoms with van der Waals surface area (Å²) in [6.45, 7) is 5.61. The molecular weight excluding hydrogens is 236 g/mol. The molecule has 3 nitrogen and oxygen atoms in total. The van der Waals surface area contributed by atoms with E-state index in [1.807, 2.05) is 31.2 Å². The van der Waals surface area contributed by atoms with Crippen LogP contribution in [0.1, 0.15) is 36.5 Å². The third-order valence-corrected chi connectivity index (χ3v) is 4.54. The highest BCUT2D eigenvalue weighted by Crippen LogP contribution is 2.29. The van der Waals surface area contributed by atoms with Crippen LogP contribution in [0.4, 0.5) is 5.69 Å². The predicted molar refractivity (Wildman–Crippen MR) is 77.6 cm³/mol. The highest BCUT2D eigenvalue weighted by atomic mass is 16.1. The van der Waals surface area contributed by atoms with Gasteiger partial charge in [0.25, 0.3) is 0 Å². The average Bonchev–Trinajstić information content (AvgIpc) is 2.48. The summed E-state index contributed by atoms with van der Waals surface area (Å²) in [5.41, 5.74) is 1.97. The van der Waals surface area contributed by atoms with E-state index in [4.69, 9.17) is 0 Å². The van der Waals surface area contributed by atoms with E-state index in [9.17, 15) is 4.79 Å². The summed E-state index contributed by atoms with van der Waals surface area (Å²) in [5, 5.41) is 3.64. The minimum Gasteiger partial charge on any atom is -0.381 e. The Hall–Kier alpha value is -1.35. The van der Waals surface area contributed by atoms with Crippen molar-refractivity contribution in [3.05, 3.63) is 29.8 Å². The molecule has 4 rings (SSSR count). The maximum atomic E-state index is 11.6. The minimum atomic E-state index is 0.217. The summed E-state index contributed by atoms with van der Waals surface area (Å²) in [6, 6.07) is 8.54. The molecule has 0 radical (unpaired) electrons. The van der Waals surface area contributed by atoms with Crippen LogP contribution >= 0.6 is 0 Å². The predicted octanol–water partition coefficient (Wildman–Crippen LogP) is 2.79. The lowest BCUT2D eigenvalue weighted by atomic mass is 9.84. The number of ketones is 1. The van der Waals surface area contributed by atoms with Gasteiger partial charge in [0.15, 0.2) is 5.78 Å². The second-order valence-electron chi connectivity index (χ2n) is 5.74. The van der Waals surface area contributed by atoms with Crippen LogP contribution < -0.4 is 5.32 Å². The normalized spacial score (nSPS) is 29.2. The number of Topliss-reactive ketones (excluding diaryl/α,β-unsaturated/α-hetero) is 1. The lowest BCUT2D eigenvalue weighted by Gasteiger charge is -2.45. The van der Waals surface area contributed by atoms with Crippen LogP contribution in [0.2, 0.25) is 0 Å². The van der Waals surface area contributed by atoms with Crippen molar-refractivity contribution in [2.45, 2.75) is 32.2 Å². The molecule has 19 heavy (non-hydrogen) atoms. The summed E-state index contributed by atoms with van der Waals surface area (Å²) in [5.74, 6) is 1.04. The van der Waals surface area contributed by atoms with E-state index in [0.29, 0.717) is 12.5 Å². The number of benzene rings is 1. The number of nitrogens with zero attached hydrogens (tertiary/aromatic N) is 1. The molecule has 1 aromatic rings. The molecule has 1 atom stereocenters. The first-order valence-electron chi connectivity index (χ1n) is 7.38. The first-order chi connectivity index (χ1) is 9.26. The molecule has 1 aromatic carbocycles. The summed E-state index contributed by atoms with van der Waals surface area (Å²) < 4.78 is 0. The van der Waals surface area contributed by atoms with Crippen molar-refractivity contribution in [1.29, 1.82) is 0 Å². The van der Waals surface area contributed by atoms with Crippen LogP contribution in [0.25, 0.3) is 0 Å². The number of nitrogens with one attached hydrogen (secondary N) is 1. The molecule has 3 fully saturated rings. The summed E-state index contributed by atoms with van der Waals surface area (Å²) in [6.07, 6.45) is 3.22. The van der Waals surface area contributed by atoms with Gasteiger partial charge in [-0.1, -0.05) is 6.92 Å². The Morgan fingerprint density at radius 3 is 2.47 bits per heavy atom. The minimum absolute atomic E-state index is 0.217. The first-order valence-corrected chi connectivity index (χ1v) is 7.38. The second kappa shape index (κ2) is 5.33. The van der Waals surface area contributed by atoms with Crippen LogP contribution in [0, 0.1) is 5.92 Å². The lowest BCUT2D eigenvalue weighted by Crippen LogP contribution is -2.53. The van der Waals surface area contributed by atoms with E-state index < -0.39 is 0 Å². The number of hydrogen-bond acceptors (Lipinski definition) is 3. The highest BCUT2D eigenvalue weighted by molar-refractivity contribution is 5.96. The van der Waals surface area contributed by atoms with Gasteiger partial charge in [0, 0.05) is 30.3 Å². The number of rotatable bonds is 4. The van der Waals surface area contributed by atoms with Crippen LogP contribution in [-0.2, 0) is 0 Å². The van der Waals surface area contributed by atoms with E-state index >= 15 is 0 Å². The highest BCUT2D eigenvalue weighted by Gasteiger charge is 2.33. The molecule has 1 N–H and O–H groups in total. The Morgan fingerprint density at radius 1 is 1.26 bits per heavy atom.